The number of hydrogen-bond donors (Lipinski definition) is 3. The minimum atomic E-state index is -0.584. The largest absolute Gasteiger partial charge is 0.351 e. The third-order valence-corrected chi connectivity index (χ3v) is 5.04. The van der Waals surface area contributed by atoms with Crippen molar-refractivity contribution in [3.63, 3.8) is 0 Å². The lowest BCUT2D eigenvalue weighted by molar-refractivity contribution is 0.0948. The van der Waals surface area contributed by atoms with Gasteiger partial charge in [-0.05, 0) is 18.9 Å². The molecule has 1 amide bonds. The van der Waals surface area contributed by atoms with E-state index in [0.717, 1.165) is 32.7 Å². The van der Waals surface area contributed by atoms with E-state index >= 15 is 0 Å². The zero-order valence-corrected chi connectivity index (χ0v) is 19.1. The minimum Gasteiger partial charge on any atom is -0.351 e. The van der Waals surface area contributed by atoms with Crippen LogP contribution in [-0.4, -0.2) is 64.6 Å². The fourth-order valence-electron chi connectivity index (χ4n) is 3.42. The van der Waals surface area contributed by atoms with Gasteiger partial charge in [-0.25, -0.2) is 9.78 Å². The first-order valence-corrected chi connectivity index (χ1v) is 9.81. The van der Waals surface area contributed by atoms with Crippen LogP contribution in [0.4, 0.5) is 0 Å². The number of aromatic amines is 1. The maximum atomic E-state index is 12.9. The molecule has 1 fully saturated rings. The maximum Gasteiger partial charge on any atom is 0.329 e. The first kappa shape index (κ1) is 26.1. The molecule has 0 atom stereocenters. The molecule has 0 spiro atoms. The van der Waals surface area contributed by atoms with E-state index in [2.05, 4.69) is 25.5 Å². The van der Waals surface area contributed by atoms with E-state index in [9.17, 15) is 14.4 Å². The van der Waals surface area contributed by atoms with Crippen molar-refractivity contribution in [1.82, 2.24) is 30.1 Å². The summed E-state index contributed by atoms with van der Waals surface area (Å²) in [7, 11) is 0. The number of H-pyrrole nitrogens is 1. The number of hydrogen-bond acceptors (Lipinski definition) is 6. The Morgan fingerprint density at radius 1 is 1.23 bits per heavy atom. The van der Waals surface area contributed by atoms with Gasteiger partial charge in [0.05, 0.1) is 10.9 Å². The molecule has 3 N–H and O–H groups in total. The van der Waals surface area contributed by atoms with Crippen molar-refractivity contribution in [2.24, 2.45) is 0 Å². The Bertz CT molecular complexity index is 983. The van der Waals surface area contributed by atoms with E-state index < -0.39 is 11.2 Å². The predicted octanol–water partition coefficient (Wildman–Crippen LogP) is 0.707. The van der Waals surface area contributed by atoms with Gasteiger partial charge in [0.1, 0.15) is 0 Å². The highest BCUT2D eigenvalue weighted by molar-refractivity contribution is 6.05. The van der Waals surface area contributed by atoms with E-state index in [1.165, 1.54) is 4.57 Å². The normalized spacial score (nSPS) is 14.3. The Morgan fingerprint density at radius 3 is 2.50 bits per heavy atom. The van der Waals surface area contributed by atoms with Crippen LogP contribution >= 0.6 is 24.8 Å². The number of halogens is 2. The second-order valence-electron chi connectivity index (χ2n) is 7.30. The maximum absolute atomic E-state index is 12.9. The van der Waals surface area contributed by atoms with Crippen molar-refractivity contribution in [3.05, 3.63) is 38.2 Å². The molecule has 9 nitrogen and oxygen atoms in total. The van der Waals surface area contributed by atoms with Crippen molar-refractivity contribution in [2.75, 3.05) is 39.3 Å². The topological polar surface area (TPSA) is 112 Å². The Hall–Kier alpha value is -1.94. The second-order valence-corrected chi connectivity index (χ2v) is 7.30. The smallest absolute Gasteiger partial charge is 0.329 e. The van der Waals surface area contributed by atoms with Gasteiger partial charge in [-0.3, -0.25) is 24.0 Å². The number of piperazine rings is 1. The van der Waals surface area contributed by atoms with Crippen LogP contribution in [-0.2, 0) is 6.54 Å². The molecule has 168 valence electrons. The SMILES string of the molecule is CCn1c(=O)[nH]c(=O)c2c(C(=O)NCCN3CCNCC3)cc(C(C)C)nc21.Cl.Cl. The third-order valence-electron chi connectivity index (χ3n) is 5.04. The van der Waals surface area contributed by atoms with E-state index in [0.29, 0.717) is 18.8 Å². The average molecular weight is 461 g/mol. The molecular weight excluding hydrogens is 431 g/mol. The number of carbonyl (C=O) groups is 1. The van der Waals surface area contributed by atoms with Gasteiger partial charge in [0, 0.05) is 51.5 Å². The van der Waals surface area contributed by atoms with E-state index in [1.54, 1.807) is 13.0 Å². The average Bonchev–Trinajstić information content (AvgIpc) is 2.68. The van der Waals surface area contributed by atoms with Gasteiger partial charge < -0.3 is 10.6 Å². The molecule has 2 aromatic heterocycles. The lowest BCUT2D eigenvalue weighted by Gasteiger charge is -2.27. The van der Waals surface area contributed by atoms with Gasteiger partial charge in [-0.15, -0.1) is 24.8 Å². The Balaban J connectivity index is 0.00000225. The molecule has 1 saturated heterocycles. The van der Waals surface area contributed by atoms with Crippen LogP contribution in [0.2, 0.25) is 0 Å². The number of nitrogens with zero attached hydrogens (tertiary/aromatic N) is 3. The van der Waals surface area contributed by atoms with Gasteiger partial charge in [0.15, 0.2) is 5.65 Å². The van der Waals surface area contributed by atoms with Crippen LogP contribution < -0.4 is 21.9 Å². The summed E-state index contributed by atoms with van der Waals surface area (Å²) >= 11 is 0. The number of rotatable bonds is 6. The van der Waals surface area contributed by atoms with Crippen molar-refractivity contribution < 1.29 is 4.79 Å². The summed E-state index contributed by atoms with van der Waals surface area (Å²) in [6.45, 7) is 11.1. The number of aromatic nitrogens is 3. The van der Waals surface area contributed by atoms with E-state index in [4.69, 9.17) is 0 Å². The lowest BCUT2D eigenvalue weighted by atomic mass is 10.0. The lowest BCUT2D eigenvalue weighted by Crippen LogP contribution is -2.46. The molecule has 0 bridgehead atoms. The first-order valence-electron chi connectivity index (χ1n) is 9.81. The number of carbonyl (C=O) groups excluding carboxylic acids is 1. The summed E-state index contributed by atoms with van der Waals surface area (Å²) in [5, 5.41) is 6.37. The summed E-state index contributed by atoms with van der Waals surface area (Å²) in [5.41, 5.74) is 0.0948. The highest BCUT2D eigenvalue weighted by Gasteiger charge is 2.20. The van der Waals surface area contributed by atoms with Crippen LogP contribution in [0.3, 0.4) is 0 Å². The molecule has 2 aromatic rings. The van der Waals surface area contributed by atoms with Gasteiger partial charge in [0.25, 0.3) is 11.5 Å². The summed E-state index contributed by atoms with van der Waals surface area (Å²) in [5.74, 6) is -0.271. The quantitative estimate of drug-likeness (QED) is 0.584. The molecule has 0 saturated carbocycles. The molecule has 0 unspecified atom stereocenters. The molecule has 0 radical (unpaired) electrons. The van der Waals surface area contributed by atoms with Crippen LogP contribution in [0.15, 0.2) is 15.7 Å². The minimum absolute atomic E-state index is 0. The Morgan fingerprint density at radius 2 is 1.90 bits per heavy atom. The van der Waals surface area contributed by atoms with Crippen LogP contribution in [0.1, 0.15) is 42.7 Å². The summed E-state index contributed by atoms with van der Waals surface area (Å²) in [6, 6.07) is 1.66. The van der Waals surface area contributed by atoms with Crippen molar-refractivity contribution in [2.45, 2.75) is 33.2 Å². The first-order chi connectivity index (χ1) is 13.4. The summed E-state index contributed by atoms with van der Waals surface area (Å²) < 4.78 is 1.39. The van der Waals surface area contributed by atoms with E-state index in [1.807, 2.05) is 13.8 Å². The molecule has 3 heterocycles. The number of nitrogens with one attached hydrogen (secondary N) is 3. The molecule has 3 rings (SSSR count). The number of pyridine rings is 1. The molecule has 11 heteroatoms. The molecule has 0 aliphatic carbocycles. The van der Waals surface area contributed by atoms with Gasteiger partial charge >= 0.3 is 5.69 Å². The third kappa shape index (κ3) is 5.60. The van der Waals surface area contributed by atoms with Gasteiger partial charge in [-0.1, -0.05) is 13.8 Å². The van der Waals surface area contributed by atoms with E-state index in [-0.39, 0.29) is 53.2 Å². The van der Waals surface area contributed by atoms with Crippen LogP contribution in [0.5, 0.6) is 0 Å². The molecule has 1 aliphatic heterocycles. The fraction of sp³-hybridized carbons (Fsp3) is 0.579. The van der Waals surface area contributed by atoms with Crippen LogP contribution in [0, 0.1) is 0 Å². The molecular formula is C19H30Cl2N6O3. The molecule has 0 aromatic carbocycles. The molecule has 30 heavy (non-hydrogen) atoms. The number of aryl methyl sites for hydroxylation is 1. The Kier molecular flexibility index (Phi) is 9.96. The predicted molar refractivity (Wildman–Crippen MR) is 123 cm³/mol. The Labute approximate surface area is 187 Å². The fourth-order valence-corrected chi connectivity index (χ4v) is 3.42. The van der Waals surface area contributed by atoms with Gasteiger partial charge in [-0.2, -0.15) is 0 Å². The molecule has 1 aliphatic rings. The standard InChI is InChI=1S/C19H28N6O3.2ClH/c1-4-25-16-15(18(27)23-19(25)28)13(11-14(22-16)12(2)3)17(26)21-7-10-24-8-5-20-6-9-24;;/h11-12,20H,4-10H2,1-3H3,(H,21,26)(H,23,27,28);2*1H. The van der Waals surface area contributed by atoms with Gasteiger partial charge in [0.2, 0.25) is 0 Å². The summed E-state index contributed by atoms with van der Waals surface area (Å²) in [4.78, 5) is 46.6. The van der Waals surface area contributed by atoms with Crippen LogP contribution in [0.25, 0.3) is 11.0 Å². The highest BCUT2D eigenvalue weighted by Crippen LogP contribution is 2.19. The van der Waals surface area contributed by atoms with Crippen molar-refractivity contribution in [1.29, 1.82) is 0 Å². The zero-order chi connectivity index (χ0) is 20.3. The summed E-state index contributed by atoms with van der Waals surface area (Å²) in [6.07, 6.45) is 0. The number of amides is 1. The van der Waals surface area contributed by atoms with Crippen molar-refractivity contribution >= 4 is 41.8 Å². The highest BCUT2D eigenvalue weighted by atomic mass is 35.5. The van der Waals surface area contributed by atoms with Crippen molar-refractivity contribution in [3.8, 4) is 0 Å². The zero-order valence-electron chi connectivity index (χ0n) is 17.5. The number of fused-ring (bicyclic) bond motifs is 1. The second kappa shape index (κ2) is 11.5. The monoisotopic (exact) mass is 460 g/mol.